The highest BCUT2D eigenvalue weighted by molar-refractivity contribution is 6.11. The number of aromatic amines is 2. The summed E-state index contributed by atoms with van der Waals surface area (Å²) in [4.78, 5) is 11.8. The maximum atomic E-state index is 5.65. The van der Waals surface area contributed by atoms with E-state index >= 15 is 0 Å². The average Bonchev–Trinajstić information content (AvgIpc) is 3.47. The van der Waals surface area contributed by atoms with Gasteiger partial charge in [-0.3, -0.25) is 0 Å². The van der Waals surface area contributed by atoms with Crippen LogP contribution in [0.4, 0.5) is 0 Å². The Labute approximate surface area is 186 Å². The molecule has 1 aliphatic carbocycles. The minimum absolute atomic E-state index is 0. The first-order valence-electron chi connectivity index (χ1n) is 11.2. The molecule has 30 heavy (non-hydrogen) atoms. The molecular formula is C25H34ClN3O. The summed E-state index contributed by atoms with van der Waals surface area (Å²) >= 11 is 0. The topological polar surface area (TPSA) is 53.2 Å². The molecule has 2 bridgehead atoms. The molecule has 0 radical (unpaired) electrons. The molecule has 162 valence electrons. The second-order valence-electron chi connectivity index (χ2n) is 8.28. The maximum absolute atomic E-state index is 5.65. The highest BCUT2D eigenvalue weighted by atomic mass is 35.5. The lowest BCUT2D eigenvalue weighted by Gasteiger charge is -2.17. The van der Waals surface area contributed by atoms with Crippen molar-refractivity contribution >= 4 is 24.2 Å². The Balaban J connectivity index is 0.00000256. The van der Waals surface area contributed by atoms with Gasteiger partial charge in [-0.15, -0.1) is 12.4 Å². The fourth-order valence-electron chi connectivity index (χ4n) is 4.55. The van der Waals surface area contributed by atoms with E-state index in [1.165, 1.54) is 68.3 Å². The Morgan fingerprint density at radius 2 is 2.10 bits per heavy atom. The number of allylic oxidation sites excluding steroid dienone is 1. The fraction of sp³-hybridized carbons (Fsp3) is 0.480. The zero-order valence-corrected chi connectivity index (χ0v) is 19.0. The number of ether oxygens (including phenoxy) is 1. The molecule has 3 heterocycles. The Morgan fingerprint density at radius 1 is 1.23 bits per heavy atom. The van der Waals surface area contributed by atoms with Gasteiger partial charge in [0.25, 0.3) is 0 Å². The Bertz CT molecular complexity index is 905. The molecule has 2 aromatic heterocycles. The molecule has 0 fully saturated rings. The number of aliphatic imine (C=N–C) groups is 1. The summed E-state index contributed by atoms with van der Waals surface area (Å²) in [5.41, 5.74) is 6.90. The maximum Gasteiger partial charge on any atom is 0.146 e. The van der Waals surface area contributed by atoms with E-state index in [0.717, 1.165) is 29.3 Å². The van der Waals surface area contributed by atoms with E-state index in [1.807, 2.05) is 24.4 Å². The van der Waals surface area contributed by atoms with E-state index < -0.39 is 0 Å². The van der Waals surface area contributed by atoms with Crippen molar-refractivity contribution in [3.8, 4) is 0 Å². The summed E-state index contributed by atoms with van der Waals surface area (Å²) < 4.78 is 5.65. The number of methoxy groups -OCH3 is 1. The van der Waals surface area contributed by atoms with Gasteiger partial charge in [-0.1, -0.05) is 39.0 Å². The number of aryl methyl sites for hydroxylation is 1. The number of H-pyrrole nitrogens is 2. The third kappa shape index (κ3) is 5.10. The number of hydrogen-bond acceptors (Lipinski definition) is 2. The normalized spacial score (nSPS) is 20.5. The molecule has 0 saturated heterocycles. The molecular weight excluding hydrogens is 394 g/mol. The first-order chi connectivity index (χ1) is 14.3. The van der Waals surface area contributed by atoms with Crippen LogP contribution >= 0.6 is 12.4 Å². The van der Waals surface area contributed by atoms with E-state index in [2.05, 4.69) is 29.0 Å². The van der Waals surface area contributed by atoms with Gasteiger partial charge in [-0.25, -0.2) is 4.99 Å². The van der Waals surface area contributed by atoms with Crippen LogP contribution in [0.25, 0.3) is 6.08 Å². The monoisotopic (exact) mass is 427 g/mol. The van der Waals surface area contributed by atoms with Crippen LogP contribution in [-0.4, -0.2) is 22.8 Å². The molecule has 1 aliphatic heterocycles. The lowest BCUT2D eigenvalue weighted by molar-refractivity contribution is 0.303. The Morgan fingerprint density at radius 3 is 2.87 bits per heavy atom. The van der Waals surface area contributed by atoms with Crippen LogP contribution in [0.15, 0.2) is 46.9 Å². The molecule has 0 aromatic carbocycles. The molecule has 0 unspecified atom stereocenters. The molecule has 0 spiro atoms. The number of nitrogens with zero attached hydrogens (tertiary/aromatic N) is 1. The van der Waals surface area contributed by atoms with E-state index in [9.17, 15) is 0 Å². The third-order valence-electron chi connectivity index (χ3n) is 6.17. The number of rotatable bonds is 6. The van der Waals surface area contributed by atoms with Crippen LogP contribution in [0.1, 0.15) is 86.9 Å². The van der Waals surface area contributed by atoms with Crippen molar-refractivity contribution < 1.29 is 4.74 Å². The summed E-state index contributed by atoms with van der Waals surface area (Å²) in [6.45, 7) is 2.29. The van der Waals surface area contributed by atoms with Gasteiger partial charge < -0.3 is 14.7 Å². The second-order valence-corrected chi connectivity index (χ2v) is 8.28. The van der Waals surface area contributed by atoms with Crippen molar-refractivity contribution in [3.05, 3.63) is 64.6 Å². The molecule has 2 aromatic rings. The molecule has 5 heteroatoms. The van der Waals surface area contributed by atoms with Crippen molar-refractivity contribution in [1.29, 1.82) is 0 Å². The predicted molar refractivity (Wildman–Crippen MR) is 127 cm³/mol. The second kappa shape index (κ2) is 10.7. The van der Waals surface area contributed by atoms with Crippen molar-refractivity contribution in [2.75, 3.05) is 7.11 Å². The number of hydrogen-bond donors (Lipinski definition) is 2. The summed E-state index contributed by atoms with van der Waals surface area (Å²) in [5, 5.41) is 0. The first kappa shape index (κ1) is 22.5. The summed E-state index contributed by atoms with van der Waals surface area (Å²) in [6, 6.07) is 6.47. The van der Waals surface area contributed by atoms with Gasteiger partial charge >= 0.3 is 0 Å². The fourth-order valence-corrected chi connectivity index (χ4v) is 4.55. The molecule has 4 rings (SSSR count). The third-order valence-corrected chi connectivity index (χ3v) is 6.17. The van der Waals surface area contributed by atoms with Gasteiger partial charge in [0, 0.05) is 23.7 Å². The highest BCUT2D eigenvalue weighted by Crippen LogP contribution is 2.35. The van der Waals surface area contributed by atoms with Crippen molar-refractivity contribution in [2.45, 2.75) is 70.6 Å². The van der Waals surface area contributed by atoms with Crippen molar-refractivity contribution in [3.63, 3.8) is 0 Å². The van der Waals surface area contributed by atoms with E-state index in [0.29, 0.717) is 5.92 Å². The first-order valence-corrected chi connectivity index (χ1v) is 11.2. The van der Waals surface area contributed by atoms with Gasteiger partial charge in [0.1, 0.15) is 11.5 Å². The minimum atomic E-state index is 0. The zero-order valence-electron chi connectivity index (χ0n) is 18.2. The number of aromatic nitrogens is 2. The average molecular weight is 428 g/mol. The van der Waals surface area contributed by atoms with Gasteiger partial charge in [0.15, 0.2) is 0 Å². The quantitative estimate of drug-likeness (QED) is 0.516. The molecule has 1 atom stereocenters. The number of fused-ring (bicyclic) bond motifs is 2. The van der Waals surface area contributed by atoms with Crippen molar-refractivity contribution in [1.82, 2.24) is 9.97 Å². The predicted octanol–water partition coefficient (Wildman–Crippen LogP) is 6.92. The SMILES string of the molecule is CCCC[C@@H]1CCCCCCc2cc1c(/C=C1\N=C(c3ccc[nH]3)C=C1OC)[nH]2.Cl. The molecule has 0 amide bonds. The molecule has 2 aliphatic rings. The van der Waals surface area contributed by atoms with Crippen LogP contribution in [0.5, 0.6) is 0 Å². The van der Waals surface area contributed by atoms with Crippen molar-refractivity contribution in [2.24, 2.45) is 4.99 Å². The van der Waals surface area contributed by atoms with Crippen LogP contribution in [-0.2, 0) is 11.2 Å². The smallest absolute Gasteiger partial charge is 0.146 e. The summed E-state index contributed by atoms with van der Waals surface area (Å²) in [7, 11) is 1.72. The molecule has 0 saturated carbocycles. The number of unbranched alkanes of at least 4 members (excludes halogenated alkanes) is 1. The minimum Gasteiger partial charge on any atom is -0.494 e. The molecule has 2 N–H and O–H groups in total. The van der Waals surface area contributed by atoms with E-state index in [4.69, 9.17) is 9.73 Å². The summed E-state index contributed by atoms with van der Waals surface area (Å²) in [5.74, 6) is 1.46. The van der Waals surface area contributed by atoms with Crippen LogP contribution < -0.4 is 0 Å². The number of halogens is 1. The van der Waals surface area contributed by atoms with Gasteiger partial charge in [-0.2, -0.15) is 0 Å². The Hall–Kier alpha value is -2.20. The zero-order chi connectivity index (χ0) is 20.1. The van der Waals surface area contributed by atoms with Crippen LogP contribution in [0, 0.1) is 0 Å². The largest absolute Gasteiger partial charge is 0.494 e. The number of nitrogens with one attached hydrogen (secondary N) is 2. The van der Waals surface area contributed by atoms with Gasteiger partial charge in [-0.05, 0) is 61.4 Å². The lowest BCUT2D eigenvalue weighted by atomic mass is 9.87. The summed E-state index contributed by atoms with van der Waals surface area (Å²) in [6.07, 6.45) is 17.7. The van der Waals surface area contributed by atoms with Crippen LogP contribution in [0.3, 0.4) is 0 Å². The molecule has 4 nitrogen and oxygen atoms in total. The van der Waals surface area contributed by atoms with E-state index in [1.54, 1.807) is 7.11 Å². The standard InChI is InChI=1S/C25H33N3O.ClH/c1-3-4-10-18-11-7-5-6-8-12-19-15-20(18)22(27-19)16-24-25(29-2)17-23(28-24)21-13-9-14-26-21;/h9,13-18,26-27H,3-8,10-12H2,1-2H3;1H/b24-16-;/t18-;/m1./s1. The highest BCUT2D eigenvalue weighted by Gasteiger charge is 2.21. The lowest BCUT2D eigenvalue weighted by Crippen LogP contribution is -2.01. The Kier molecular flexibility index (Phi) is 8.03. The van der Waals surface area contributed by atoms with Crippen LogP contribution in [0.2, 0.25) is 0 Å². The van der Waals surface area contributed by atoms with Gasteiger partial charge in [0.05, 0.1) is 18.5 Å². The van der Waals surface area contributed by atoms with E-state index in [-0.39, 0.29) is 12.4 Å². The van der Waals surface area contributed by atoms with Gasteiger partial charge in [0.2, 0.25) is 0 Å².